The van der Waals surface area contributed by atoms with Crippen LogP contribution in [0, 0.1) is 0 Å². The van der Waals surface area contributed by atoms with E-state index in [0.717, 1.165) is 17.0 Å². The molecule has 6 nitrogen and oxygen atoms in total. The molecule has 0 aromatic heterocycles. The minimum absolute atomic E-state index is 0.243. The van der Waals surface area contributed by atoms with E-state index in [0.29, 0.717) is 6.42 Å². The first-order valence-electron chi connectivity index (χ1n) is 6.87. The summed E-state index contributed by atoms with van der Waals surface area (Å²) in [5.74, 6) is 0.719. The Labute approximate surface area is 131 Å². The topological polar surface area (TPSA) is 68.2 Å². The highest BCUT2D eigenvalue weighted by Crippen LogP contribution is 2.25. The molecule has 1 aliphatic rings. The number of sulfonamides is 1. The lowest BCUT2D eigenvalue weighted by molar-refractivity contribution is 0.0722. The van der Waals surface area contributed by atoms with Gasteiger partial charge in [-0.15, -0.1) is 6.58 Å². The Bertz CT molecular complexity index is 670. The highest BCUT2D eigenvalue weighted by atomic mass is 32.2. The van der Waals surface area contributed by atoms with E-state index in [2.05, 4.69) is 11.7 Å². The molecule has 0 aliphatic carbocycles. The molecule has 0 spiro atoms. The summed E-state index contributed by atoms with van der Waals surface area (Å²) < 4.78 is 30.1. The lowest BCUT2D eigenvalue weighted by Gasteiger charge is -2.20. The molecule has 2 rings (SSSR count). The molecule has 0 amide bonds. The summed E-state index contributed by atoms with van der Waals surface area (Å²) in [7, 11) is -1.70. The molecule has 1 aliphatic heterocycles. The average molecular weight is 324 g/mol. The van der Waals surface area contributed by atoms with Gasteiger partial charge in [0.2, 0.25) is 10.0 Å². The molecule has 1 heterocycles. The largest absolute Gasteiger partial charge is 0.496 e. The first kappa shape index (κ1) is 16.5. The van der Waals surface area contributed by atoms with Gasteiger partial charge < -0.3 is 9.57 Å². The number of para-hydroxylation sites is 1. The predicted octanol–water partition coefficient (Wildman–Crippen LogP) is 1.64. The maximum atomic E-state index is 11.7. The highest BCUT2D eigenvalue weighted by Gasteiger charge is 2.28. The Morgan fingerprint density at radius 2 is 2.23 bits per heavy atom. The van der Waals surface area contributed by atoms with Crippen molar-refractivity contribution in [1.29, 1.82) is 0 Å². The second-order valence-corrected chi connectivity index (χ2v) is 7.02. The van der Waals surface area contributed by atoms with E-state index >= 15 is 0 Å². The third kappa shape index (κ3) is 3.86. The number of nitrogens with zero attached hydrogens (tertiary/aromatic N) is 2. The van der Waals surface area contributed by atoms with E-state index in [4.69, 9.17) is 9.57 Å². The maximum Gasteiger partial charge on any atom is 0.211 e. The van der Waals surface area contributed by atoms with Gasteiger partial charge in [-0.05, 0) is 12.1 Å². The SMILES string of the molecule is C=CCN(CC1CC(c2ccccc2OC)=NO1)S(C)(=O)=O. The van der Waals surface area contributed by atoms with Crippen LogP contribution in [0.1, 0.15) is 12.0 Å². The number of hydrogen-bond donors (Lipinski definition) is 0. The van der Waals surface area contributed by atoms with Crippen molar-refractivity contribution in [3.05, 3.63) is 42.5 Å². The van der Waals surface area contributed by atoms with Crippen molar-refractivity contribution in [3.63, 3.8) is 0 Å². The molecule has 7 heteroatoms. The molecular formula is C15H20N2O4S. The molecule has 0 saturated carbocycles. The zero-order valence-corrected chi connectivity index (χ0v) is 13.5. The first-order chi connectivity index (χ1) is 10.5. The van der Waals surface area contributed by atoms with Gasteiger partial charge in [0.05, 0.1) is 25.6 Å². The van der Waals surface area contributed by atoms with Crippen LogP contribution < -0.4 is 4.74 Å². The van der Waals surface area contributed by atoms with Crippen LogP contribution in [-0.2, 0) is 14.9 Å². The van der Waals surface area contributed by atoms with Crippen LogP contribution in [-0.4, -0.2) is 51.0 Å². The zero-order valence-electron chi connectivity index (χ0n) is 12.7. The van der Waals surface area contributed by atoms with Gasteiger partial charge in [0.15, 0.2) is 0 Å². The fourth-order valence-electron chi connectivity index (χ4n) is 2.28. The van der Waals surface area contributed by atoms with E-state index in [1.165, 1.54) is 10.6 Å². The zero-order chi connectivity index (χ0) is 16.2. The van der Waals surface area contributed by atoms with Crippen LogP contribution in [0.4, 0.5) is 0 Å². The van der Waals surface area contributed by atoms with Crippen molar-refractivity contribution >= 4 is 15.7 Å². The molecule has 1 unspecified atom stereocenters. The van der Waals surface area contributed by atoms with Crippen LogP contribution in [0.2, 0.25) is 0 Å². The summed E-state index contributed by atoms with van der Waals surface area (Å²) in [6.07, 6.45) is 2.95. The van der Waals surface area contributed by atoms with Crippen LogP contribution in [0.3, 0.4) is 0 Å². The van der Waals surface area contributed by atoms with Gasteiger partial charge in [0, 0.05) is 18.5 Å². The van der Waals surface area contributed by atoms with Crippen molar-refractivity contribution in [1.82, 2.24) is 4.31 Å². The molecule has 22 heavy (non-hydrogen) atoms. The van der Waals surface area contributed by atoms with Crippen LogP contribution in [0.5, 0.6) is 5.75 Å². The maximum absolute atomic E-state index is 11.7. The monoisotopic (exact) mass is 324 g/mol. The highest BCUT2D eigenvalue weighted by molar-refractivity contribution is 7.88. The van der Waals surface area contributed by atoms with E-state index in [1.807, 2.05) is 24.3 Å². The Hall–Kier alpha value is -1.86. The van der Waals surface area contributed by atoms with E-state index in [1.54, 1.807) is 13.2 Å². The molecule has 0 radical (unpaired) electrons. The van der Waals surface area contributed by atoms with E-state index < -0.39 is 10.0 Å². The minimum Gasteiger partial charge on any atom is -0.496 e. The second-order valence-electron chi connectivity index (χ2n) is 5.04. The molecular weight excluding hydrogens is 304 g/mol. The summed E-state index contributed by atoms with van der Waals surface area (Å²) in [6, 6.07) is 7.53. The molecule has 0 saturated heterocycles. The third-order valence-electron chi connectivity index (χ3n) is 3.36. The average Bonchev–Trinajstić information content (AvgIpc) is 2.94. The van der Waals surface area contributed by atoms with Crippen LogP contribution >= 0.6 is 0 Å². The normalized spacial score (nSPS) is 18.0. The quantitative estimate of drug-likeness (QED) is 0.715. The number of methoxy groups -OCH3 is 1. The molecule has 120 valence electrons. The molecule has 1 aromatic rings. The Morgan fingerprint density at radius 3 is 2.86 bits per heavy atom. The smallest absolute Gasteiger partial charge is 0.211 e. The van der Waals surface area contributed by atoms with Gasteiger partial charge >= 0.3 is 0 Å². The molecule has 0 bridgehead atoms. The van der Waals surface area contributed by atoms with Gasteiger partial charge in [-0.25, -0.2) is 8.42 Å². The lowest BCUT2D eigenvalue weighted by Crippen LogP contribution is -2.37. The first-order valence-corrected chi connectivity index (χ1v) is 8.72. The Morgan fingerprint density at radius 1 is 1.50 bits per heavy atom. The third-order valence-corrected chi connectivity index (χ3v) is 4.60. The second kappa shape index (κ2) is 6.93. The van der Waals surface area contributed by atoms with Crippen molar-refractivity contribution in [3.8, 4) is 5.75 Å². The van der Waals surface area contributed by atoms with E-state index in [9.17, 15) is 8.42 Å². The summed E-state index contributed by atoms with van der Waals surface area (Å²) in [4.78, 5) is 5.38. The van der Waals surface area contributed by atoms with Crippen LogP contribution in [0.15, 0.2) is 42.1 Å². The molecule has 0 fully saturated rings. The van der Waals surface area contributed by atoms with Gasteiger partial charge in [0.25, 0.3) is 0 Å². The fourth-order valence-corrected chi connectivity index (χ4v) is 3.10. The number of ether oxygens (including phenoxy) is 1. The Kier molecular flexibility index (Phi) is 5.20. The molecule has 1 aromatic carbocycles. The van der Waals surface area contributed by atoms with Gasteiger partial charge in [-0.2, -0.15) is 4.31 Å². The van der Waals surface area contributed by atoms with Gasteiger partial charge in [-0.3, -0.25) is 0 Å². The summed E-state index contributed by atoms with van der Waals surface area (Å²) in [5, 5.41) is 4.08. The van der Waals surface area contributed by atoms with Gasteiger partial charge in [-0.1, -0.05) is 23.4 Å². The Balaban J connectivity index is 2.07. The summed E-state index contributed by atoms with van der Waals surface area (Å²) >= 11 is 0. The van der Waals surface area contributed by atoms with Crippen molar-refractivity contribution < 1.29 is 18.0 Å². The summed E-state index contributed by atoms with van der Waals surface area (Å²) in [6.45, 7) is 4.08. The van der Waals surface area contributed by atoms with Crippen molar-refractivity contribution in [2.45, 2.75) is 12.5 Å². The fraction of sp³-hybridized carbons (Fsp3) is 0.400. The molecule has 1 atom stereocenters. The van der Waals surface area contributed by atoms with Gasteiger partial charge in [0.1, 0.15) is 11.9 Å². The standard InChI is InChI=1S/C15H20N2O4S/c1-4-9-17(22(3,18)19)11-12-10-14(16-21-12)13-7-5-6-8-15(13)20-2/h4-8,12H,1,9-11H2,2-3H3. The van der Waals surface area contributed by atoms with Crippen LogP contribution in [0.25, 0.3) is 0 Å². The summed E-state index contributed by atoms with van der Waals surface area (Å²) in [5.41, 5.74) is 1.62. The van der Waals surface area contributed by atoms with Crippen molar-refractivity contribution in [2.75, 3.05) is 26.5 Å². The number of hydrogen-bond acceptors (Lipinski definition) is 5. The van der Waals surface area contributed by atoms with E-state index in [-0.39, 0.29) is 19.2 Å². The molecule has 0 N–H and O–H groups in total. The predicted molar refractivity (Wildman–Crippen MR) is 85.6 cm³/mol. The lowest BCUT2D eigenvalue weighted by atomic mass is 10.0. The number of oxime groups is 1. The minimum atomic E-state index is -3.30. The number of rotatable bonds is 7. The van der Waals surface area contributed by atoms with Crippen molar-refractivity contribution in [2.24, 2.45) is 5.16 Å². The number of benzene rings is 1.